The van der Waals surface area contributed by atoms with E-state index in [1.165, 1.54) is 6.07 Å². The Kier molecular flexibility index (Phi) is 5.55. The van der Waals surface area contributed by atoms with E-state index in [-0.39, 0.29) is 23.0 Å². The minimum absolute atomic E-state index is 0. The molecule has 92 valence electrons. The molecule has 0 aliphatic heterocycles. The average Bonchev–Trinajstić information content (AvgIpc) is 2.14. The monoisotopic (exact) mass is 275 g/mol. The summed E-state index contributed by atoms with van der Waals surface area (Å²) in [5.41, 5.74) is 4.70. The van der Waals surface area contributed by atoms with Gasteiger partial charge in [-0.25, -0.2) is 0 Å². The first-order valence-electron chi connectivity index (χ1n) is 4.08. The van der Waals surface area contributed by atoms with Gasteiger partial charge < -0.3 is 10.8 Å². The zero-order chi connectivity index (χ0) is 11.6. The van der Waals surface area contributed by atoms with Gasteiger partial charge in [-0.15, -0.1) is 12.4 Å². The summed E-state index contributed by atoms with van der Waals surface area (Å²) in [5.74, 6) is 0. The van der Waals surface area contributed by atoms with Gasteiger partial charge in [0.05, 0.1) is 18.2 Å². The molecular weight excluding hydrogens is 266 g/mol. The van der Waals surface area contributed by atoms with Crippen LogP contribution in [-0.2, 0) is 6.18 Å². The number of nitrogens with two attached hydrogens (primary N) is 1. The van der Waals surface area contributed by atoms with Gasteiger partial charge in [0.15, 0.2) is 0 Å². The lowest BCUT2D eigenvalue weighted by molar-refractivity contribution is -0.137. The number of aliphatic hydroxyl groups is 1. The fraction of sp³-hybridized carbons (Fsp3) is 0.333. The Morgan fingerprint density at radius 3 is 2.31 bits per heavy atom. The zero-order valence-corrected chi connectivity index (χ0v) is 9.53. The van der Waals surface area contributed by atoms with Gasteiger partial charge in [-0.05, 0) is 23.8 Å². The molecule has 0 aliphatic carbocycles. The standard InChI is InChI=1S/C9H9ClF3NO.ClH/c10-7-2-5(8(14)4-15)1-6(3-7)9(11,12)13;/h1-3,8,15H,4,14H2;1H/t8-;/m0./s1. The smallest absolute Gasteiger partial charge is 0.394 e. The molecule has 0 aliphatic rings. The molecule has 0 radical (unpaired) electrons. The van der Waals surface area contributed by atoms with Crippen LogP contribution in [0.4, 0.5) is 13.2 Å². The zero-order valence-electron chi connectivity index (χ0n) is 7.96. The van der Waals surface area contributed by atoms with Crippen molar-refractivity contribution in [2.24, 2.45) is 5.73 Å². The average molecular weight is 276 g/mol. The fourth-order valence-electron chi connectivity index (χ4n) is 1.10. The first-order valence-corrected chi connectivity index (χ1v) is 4.46. The second-order valence-corrected chi connectivity index (χ2v) is 3.50. The summed E-state index contributed by atoms with van der Waals surface area (Å²) in [6.07, 6.45) is -4.46. The lowest BCUT2D eigenvalue weighted by atomic mass is 10.0. The normalized spacial score (nSPS) is 13.1. The molecular formula is C9H10Cl2F3NO. The van der Waals surface area contributed by atoms with Crippen molar-refractivity contribution < 1.29 is 18.3 Å². The Morgan fingerprint density at radius 2 is 1.88 bits per heavy atom. The van der Waals surface area contributed by atoms with Crippen LogP contribution in [0.1, 0.15) is 17.2 Å². The number of halogens is 5. The molecule has 0 fully saturated rings. The van der Waals surface area contributed by atoms with Crippen LogP contribution < -0.4 is 5.73 Å². The van der Waals surface area contributed by atoms with Crippen molar-refractivity contribution in [2.45, 2.75) is 12.2 Å². The third-order valence-corrected chi connectivity index (χ3v) is 2.09. The molecule has 0 amide bonds. The number of hydrogen-bond acceptors (Lipinski definition) is 2. The lowest BCUT2D eigenvalue weighted by Gasteiger charge is -2.13. The third kappa shape index (κ3) is 3.83. The van der Waals surface area contributed by atoms with Crippen molar-refractivity contribution in [1.82, 2.24) is 0 Å². The Bertz CT molecular complexity index is 357. The molecule has 0 unspecified atom stereocenters. The number of benzene rings is 1. The maximum Gasteiger partial charge on any atom is 0.416 e. The summed E-state index contributed by atoms with van der Waals surface area (Å²) < 4.78 is 37.1. The Morgan fingerprint density at radius 1 is 1.31 bits per heavy atom. The van der Waals surface area contributed by atoms with E-state index < -0.39 is 24.4 Å². The van der Waals surface area contributed by atoms with Crippen molar-refractivity contribution in [3.8, 4) is 0 Å². The topological polar surface area (TPSA) is 46.2 Å². The summed E-state index contributed by atoms with van der Waals surface area (Å²) in [6.45, 7) is -0.433. The van der Waals surface area contributed by atoms with Gasteiger partial charge in [-0.2, -0.15) is 13.2 Å². The van der Waals surface area contributed by atoms with Crippen molar-refractivity contribution >= 4 is 24.0 Å². The second-order valence-electron chi connectivity index (χ2n) is 3.06. The maximum atomic E-state index is 12.4. The SMILES string of the molecule is Cl.N[C@@H](CO)c1cc(Cl)cc(C(F)(F)F)c1. The summed E-state index contributed by atoms with van der Waals surface area (Å²) in [5, 5.41) is 8.67. The van der Waals surface area contributed by atoms with Crippen molar-refractivity contribution in [3.05, 3.63) is 34.3 Å². The van der Waals surface area contributed by atoms with Crippen LogP contribution in [-0.4, -0.2) is 11.7 Å². The summed E-state index contributed by atoms with van der Waals surface area (Å²) in [7, 11) is 0. The molecule has 1 aromatic rings. The Labute approximate surface area is 102 Å². The van der Waals surface area contributed by atoms with Crippen molar-refractivity contribution in [3.63, 3.8) is 0 Å². The minimum Gasteiger partial charge on any atom is -0.394 e. The summed E-state index contributed by atoms with van der Waals surface area (Å²) >= 11 is 5.52. The van der Waals surface area contributed by atoms with E-state index in [4.69, 9.17) is 22.4 Å². The highest BCUT2D eigenvalue weighted by molar-refractivity contribution is 6.30. The van der Waals surface area contributed by atoms with Gasteiger partial charge in [0.1, 0.15) is 0 Å². The van der Waals surface area contributed by atoms with E-state index in [1.807, 2.05) is 0 Å². The van der Waals surface area contributed by atoms with E-state index in [1.54, 1.807) is 0 Å². The van der Waals surface area contributed by atoms with Gasteiger partial charge in [0.2, 0.25) is 0 Å². The highest BCUT2D eigenvalue weighted by Gasteiger charge is 2.31. The maximum absolute atomic E-state index is 12.4. The second kappa shape index (κ2) is 5.72. The molecule has 16 heavy (non-hydrogen) atoms. The molecule has 0 saturated carbocycles. The molecule has 2 nitrogen and oxygen atoms in total. The van der Waals surface area contributed by atoms with Gasteiger partial charge in [-0.1, -0.05) is 11.6 Å². The molecule has 0 spiro atoms. The molecule has 0 heterocycles. The van der Waals surface area contributed by atoms with Crippen LogP contribution in [0.3, 0.4) is 0 Å². The third-order valence-electron chi connectivity index (χ3n) is 1.87. The van der Waals surface area contributed by atoms with E-state index >= 15 is 0 Å². The highest BCUT2D eigenvalue weighted by Crippen LogP contribution is 2.32. The van der Waals surface area contributed by atoms with Gasteiger partial charge in [0, 0.05) is 5.02 Å². The van der Waals surface area contributed by atoms with Crippen LogP contribution >= 0.6 is 24.0 Å². The van der Waals surface area contributed by atoms with Gasteiger partial charge >= 0.3 is 6.18 Å². The van der Waals surface area contributed by atoms with Gasteiger partial charge in [-0.3, -0.25) is 0 Å². The van der Waals surface area contributed by atoms with Crippen molar-refractivity contribution in [1.29, 1.82) is 0 Å². The summed E-state index contributed by atoms with van der Waals surface area (Å²) in [6, 6.07) is 2.14. The van der Waals surface area contributed by atoms with Crippen molar-refractivity contribution in [2.75, 3.05) is 6.61 Å². The minimum atomic E-state index is -4.46. The molecule has 3 N–H and O–H groups in total. The number of aliphatic hydroxyl groups excluding tert-OH is 1. The quantitative estimate of drug-likeness (QED) is 0.872. The van der Waals surface area contributed by atoms with E-state index in [0.717, 1.165) is 12.1 Å². The van der Waals surface area contributed by atoms with E-state index in [2.05, 4.69) is 0 Å². The lowest BCUT2D eigenvalue weighted by Crippen LogP contribution is -2.16. The predicted molar refractivity (Wildman–Crippen MR) is 57.7 cm³/mol. The Hall–Kier alpha value is -0.490. The molecule has 7 heteroatoms. The number of hydrogen-bond donors (Lipinski definition) is 2. The first kappa shape index (κ1) is 15.5. The Balaban J connectivity index is 0.00000225. The molecule has 0 saturated heterocycles. The fourth-order valence-corrected chi connectivity index (χ4v) is 1.34. The molecule has 1 aromatic carbocycles. The largest absolute Gasteiger partial charge is 0.416 e. The van der Waals surface area contributed by atoms with Crippen LogP contribution in [0, 0.1) is 0 Å². The highest BCUT2D eigenvalue weighted by atomic mass is 35.5. The first-order chi connectivity index (χ1) is 6.84. The molecule has 0 aromatic heterocycles. The molecule has 1 rings (SSSR count). The van der Waals surface area contributed by atoms with Crippen LogP contribution in [0.5, 0.6) is 0 Å². The molecule has 1 atom stereocenters. The summed E-state index contributed by atoms with van der Waals surface area (Å²) in [4.78, 5) is 0. The van der Waals surface area contributed by atoms with E-state index in [9.17, 15) is 13.2 Å². The predicted octanol–water partition coefficient (Wildman–Crippen LogP) is 2.77. The number of rotatable bonds is 2. The van der Waals surface area contributed by atoms with E-state index in [0.29, 0.717) is 0 Å². The van der Waals surface area contributed by atoms with Crippen LogP contribution in [0.25, 0.3) is 0 Å². The number of alkyl halides is 3. The van der Waals surface area contributed by atoms with Gasteiger partial charge in [0.25, 0.3) is 0 Å². The van der Waals surface area contributed by atoms with Crippen LogP contribution in [0.2, 0.25) is 5.02 Å². The molecule has 0 bridgehead atoms. The van der Waals surface area contributed by atoms with Crippen LogP contribution in [0.15, 0.2) is 18.2 Å².